The number of hydrogen-bond donors (Lipinski definition) is 3. The van der Waals surface area contributed by atoms with Crippen molar-refractivity contribution in [3.63, 3.8) is 0 Å². The molecule has 1 aromatic heterocycles. The van der Waals surface area contributed by atoms with Crippen LogP contribution in [0.3, 0.4) is 0 Å². The van der Waals surface area contributed by atoms with Crippen LogP contribution in [0.1, 0.15) is 34.9 Å². The van der Waals surface area contributed by atoms with Crippen LogP contribution in [0, 0.1) is 0 Å². The van der Waals surface area contributed by atoms with Crippen molar-refractivity contribution in [1.82, 2.24) is 15.2 Å². The lowest BCUT2D eigenvalue weighted by Gasteiger charge is -2.16. The first-order valence-corrected chi connectivity index (χ1v) is 11.0. The normalized spacial score (nSPS) is 12.8. The lowest BCUT2D eigenvalue weighted by Crippen LogP contribution is -2.16. The zero-order valence-electron chi connectivity index (χ0n) is 17.7. The molecule has 10 heteroatoms. The minimum atomic E-state index is -0.281. The molecule has 1 heterocycles. The molecule has 2 aromatic carbocycles. The number of hydrogen-bond acceptors (Lipinski definition) is 7. The molecule has 1 aliphatic carbocycles. The molecule has 0 radical (unpaired) electrons. The summed E-state index contributed by atoms with van der Waals surface area (Å²) in [6.45, 7) is 0. The van der Waals surface area contributed by atoms with Gasteiger partial charge in [-0.05, 0) is 25.0 Å². The second kappa shape index (κ2) is 9.73. The Kier molecular flexibility index (Phi) is 6.60. The number of aromatic nitrogens is 3. The molecule has 0 atom stereocenters. The second-order valence-electron chi connectivity index (χ2n) is 7.19. The molecule has 3 aromatic rings. The molecule has 1 saturated carbocycles. The predicted molar refractivity (Wildman–Crippen MR) is 122 cm³/mol. The largest absolute Gasteiger partial charge is 0.494 e. The van der Waals surface area contributed by atoms with Crippen LogP contribution >= 0.6 is 11.8 Å². The van der Waals surface area contributed by atoms with Gasteiger partial charge in [0.2, 0.25) is 11.1 Å². The van der Waals surface area contributed by atoms with Gasteiger partial charge >= 0.3 is 0 Å². The minimum absolute atomic E-state index is 0.139. The third-order valence-corrected chi connectivity index (χ3v) is 5.71. The number of rotatable bonds is 9. The van der Waals surface area contributed by atoms with Gasteiger partial charge in [0.15, 0.2) is 0 Å². The van der Waals surface area contributed by atoms with Gasteiger partial charge in [-0.15, -0.1) is 5.10 Å². The molecule has 0 saturated heterocycles. The molecule has 166 valence electrons. The number of anilines is 2. The third kappa shape index (κ3) is 5.20. The van der Waals surface area contributed by atoms with E-state index in [4.69, 9.17) is 9.47 Å². The number of nitrogens with one attached hydrogen (secondary N) is 3. The number of methoxy groups -OCH3 is 2. The van der Waals surface area contributed by atoms with Crippen LogP contribution in [-0.2, 0) is 4.79 Å². The van der Waals surface area contributed by atoms with E-state index in [0.29, 0.717) is 39.5 Å². The second-order valence-corrected chi connectivity index (χ2v) is 8.13. The van der Waals surface area contributed by atoms with Gasteiger partial charge in [-0.1, -0.05) is 30.0 Å². The minimum Gasteiger partial charge on any atom is -0.494 e. The van der Waals surface area contributed by atoms with Crippen molar-refractivity contribution < 1.29 is 19.1 Å². The highest BCUT2D eigenvalue weighted by molar-refractivity contribution is 7.99. The van der Waals surface area contributed by atoms with Gasteiger partial charge in [0, 0.05) is 23.6 Å². The summed E-state index contributed by atoms with van der Waals surface area (Å²) >= 11 is 1.25. The van der Waals surface area contributed by atoms with E-state index in [1.807, 2.05) is 6.07 Å². The fraction of sp³-hybridized carbons (Fsp3) is 0.273. The number of benzene rings is 2. The number of carbonyl (C=O) groups is 2. The van der Waals surface area contributed by atoms with Crippen molar-refractivity contribution in [2.24, 2.45) is 0 Å². The van der Waals surface area contributed by atoms with Crippen molar-refractivity contribution in [2.75, 3.05) is 30.6 Å². The summed E-state index contributed by atoms with van der Waals surface area (Å²) in [7, 11) is 2.98. The molecule has 32 heavy (non-hydrogen) atoms. The van der Waals surface area contributed by atoms with Gasteiger partial charge in [-0.25, -0.2) is 4.98 Å². The quantitative estimate of drug-likeness (QED) is 0.423. The highest BCUT2D eigenvalue weighted by atomic mass is 32.2. The molecule has 0 aliphatic heterocycles. The van der Waals surface area contributed by atoms with E-state index in [-0.39, 0.29) is 17.6 Å². The van der Waals surface area contributed by atoms with Crippen molar-refractivity contribution in [1.29, 1.82) is 0 Å². The monoisotopic (exact) mass is 453 g/mol. The summed E-state index contributed by atoms with van der Waals surface area (Å²) in [5, 5.41) is 13.2. The van der Waals surface area contributed by atoms with Gasteiger partial charge in [-0.3, -0.25) is 14.7 Å². The maximum absolute atomic E-state index is 12.5. The fourth-order valence-corrected chi connectivity index (χ4v) is 3.66. The molecule has 4 rings (SSSR count). The lowest BCUT2D eigenvalue weighted by molar-refractivity contribution is -0.113. The maximum Gasteiger partial charge on any atom is 0.255 e. The molecule has 3 N–H and O–H groups in total. The Labute approximate surface area is 189 Å². The first-order valence-electron chi connectivity index (χ1n) is 10.0. The van der Waals surface area contributed by atoms with Crippen LogP contribution in [0.25, 0.3) is 0 Å². The average molecular weight is 454 g/mol. The van der Waals surface area contributed by atoms with Gasteiger partial charge in [0.25, 0.3) is 5.91 Å². The number of H-pyrrole nitrogens is 1. The van der Waals surface area contributed by atoms with Crippen LogP contribution in [-0.4, -0.2) is 47.0 Å². The van der Waals surface area contributed by atoms with E-state index in [1.54, 1.807) is 36.4 Å². The third-order valence-electron chi connectivity index (χ3n) is 4.86. The van der Waals surface area contributed by atoms with E-state index < -0.39 is 0 Å². The molecule has 0 unspecified atom stereocenters. The van der Waals surface area contributed by atoms with Gasteiger partial charge in [0.1, 0.15) is 17.3 Å². The summed E-state index contributed by atoms with van der Waals surface area (Å²) in [4.78, 5) is 29.4. The zero-order chi connectivity index (χ0) is 22.5. The summed E-state index contributed by atoms with van der Waals surface area (Å²) in [5.41, 5.74) is 1.37. The Morgan fingerprint density at radius 2 is 1.72 bits per heavy atom. The molecule has 1 aliphatic rings. The Balaban J connectivity index is 1.43. The number of aromatic amines is 1. The topological polar surface area (TPSA) is 118 Å². The standard InChI is InChI=1S/C22H23N5O4S/c1-30-17-11-16(24-21(29)14-6-4-3-5-7-14)18(31-2)10-15(17)23-19(28)12-32-22-25-20(26-27-22)13-8-9-13/h3-7,10-11,13H,8-9,12H2,1-2H3,(H,23,28)(H,24,29)(H,25,26,27). The first kappa shape index (κ1) is 21.7. The Bertz CT molecular complexity index is 1110. The van der Waals surface area contributed by atoms with Crippen LogP contribution in [0.5, 0.6) is 11.5 Å². The Morgan fingerprint density at radius 1 is 1.06 bits per heavy atom. The average Bonchev–Trinajstić information content (AvgIpc) is 3.56. The lowest BCUT2D eigenvalue weighted by atomic mass is 10.2. The summed E-state index contributed by atoms with van der Waals surface area (Å²) in [5.74, 6) is 1.75. The molecular formula is C22H23N5O4S. The van der Waals surface area contributed by atoms with Gasteiger partial charge < -0.3 is 20.1 Å². The van der Waals surface area contributed by atoms with E-state index in [1.165, 1.54) is 26.0 Å². The van der Waals surface area contributed by atoms with Crippen molar-refractivity contribution in [3.8, 4) is 11.5 Å². The van der Waals surface area contributed by atoms with E-state index in [0.717, 1.165) is 18.7 Å². The van der Waals surface area contributed by atoms with Crippen molar-refractivity contribution in [3.05, 3.63) is 53.9 Å². The van der Waals surface area contributed by atoms with Crippen LogP contribution in [0.15, 0.2) is 47.6 Å². The molecule has 2 amide bonds. The van der Waals surface area contributed by atoms with E-state index >= 15 is 0 Å². The smallest absolute Gasteiger partial charge is 0.255 e. The van der Waals surface area contributed by atoms with E-state index in [2.05, 4.69) is 25.8 Å². The predicted octanol–water partition coefficient (Wildman–Crippen LogP) is 3.68. The number of amides is 2. The highest BCUT2D eigenvalue weighted by Crippen LogP contribution is 2.39. The van der Waals surface area contributed by atoms with Gasteiger partial charge in [-0.2, -0.15) is 0 Å². The fourth-order valence-electron chi connectivity index (χ4n) is 3.06. The van der Waals surface area contributed by atoms with Crippen LogP contribution in [0.4, 0.5) is 11.4 Å². The zero-order valence-corrected chi connectivity index (χ0v) is 18.5. The molecule has 1 fully saturated rings. The van der Waals surface area contributed by atoms with Crippen LogP contribution < -0.4 is 20.1 Å². The van der Waals surface area contributed by atoms with Gasteiger partial charge in [0.05, 0.1) is 31.3 Å². The van der Waals surface area contributed by atoms with E-state index in [9.17, 15) is 9.59 Å². The summed E-state index contributed by atoms with van der Waals surface area (Å²) in [6, 6.07) is 12.1. The summed E-state index contributed by atoms with van der Waals surface area (Å²) in [6.07, 6.45) is 2.26. The SMILES string of the molecule is COc1cc(NC(=O)c2ccccc2)c(OC)cc1NC(=O)CSc1n[nH]c(C2CC2)n1. The summed E-state index contributed by atoms with van der Waals surface area (Å²) < 4.78 is 10.8. The van der Waals surface area contributed by atoms with Crippen LogP contribution in [0.2, 0.25) is 0 Å². The molecule has 9 nitrogen and oxygen atoms in total. The maximum atomic E-state index is 12.5. The Hall–Kier alpha value is -3.53. The number of thioether (sulfide) groups is 1. The number of nitrogens with zero attached hydrogens (tertiary/aromatic N) is 2. The Morgan fingerprint density at radius 3 is 2.34 bits per heavy atom. The van der Waals surface area contributed by atoms with Crippen molar-refractivity contribution >= 4 is 35.0 Å². The molecule has 0 bridgehead atoms. The number of ether oxygens (including phenoxy) is 2. The molecular weight excluding hydrogens is 430 g/mol. The van der Waals surface area contributed by atoms with Crippen molar-refractivity contribution in [2.45, 2.75) is 23.9 Å². The highest BCUT2D eigenvalue weighted by Gasteiger charge is 2.27. The molecule has 0 spiro atoms. The first-order chi connectivity index (χ1) is 15.6. The number of carbonyl (C=O) groups excluding carboxylic acids is 2.